The zero-order valence-electron chi connectivity index (χ0n) is 12.4. The Morgan fingerprint density at radius 2 is 1.79 bits per heavy atom. The maximum atomic E-state index is 12.2. The highest BCUT2D eigenvalue weighted by atomic mass is 19.4. The molecule has 0 aliphatic carbocycles. The summed E-state index contributed by atoms with van der Waals surface area (Å²) in [5.74, 6) is -0.799. The standard InChI is InChI=1S/C17H11F3O4/c1-22-16(21)11-4-7-15-13(8-11)14(9-23-15)10-2-5-12(6-3-10)24-17(18,19)20/h2-9H,1H3. The van der Waals surface area contributed by atoms with E-state index in [1.807, 2.05) is 0 Å². The monoisotopic (exact) mass is 336 g/mol. The maximum absolute atomic E-state index is 12.2. The van der Waals surface area contributed by atoms with E-state index in [-0.39, 0.29) is 5.75 Å². The van der Waals surface area contributed by atoms with Gasteiger partial charge in [-0.2, -0.15) is 0 Å². The highest BCUT2D eigenvalue weighted by Crippen LogP contribution is 2.33. The minimum Gasteiger partial charge on any atom is -0.465 e. The SMILES string of the molecule is COC(=O)c1ccc2occ(-c3ccc(OC(F)(F)F)cc3)c2c1. The van der Waals surface area contributed by atoms with E-state index in [1.54, 1.807) is 18.2 Å². The van der Waals surface area contributed by atoms with Gasteiger partial charge in [-0.05, 0) is 35.9 Å². The average Bonchev–Trinajstić information content (AvgIpc) is 2.96. The molecule has 124 valence electrons. The van der Waals surface area contributed by atoms with Crippen LogP contribution in [-0.2, 0) is 4.74 Å². The topological polar surface area (TPSA) is 48.7 Å². The summed E-state index contributed by atoms with van der Waals surface area (Å²) in [4.78, 5) is 11.6. The highest BCUT2D eigenvalue weighted by molar-refractivity contribution is 5.99. The van der Waals surface area contributed by atoms with Crippen molar-refractivity contribution in [3.05, 3.63) is 54.3 Å². The van der Waals surface area contributed by atoms with Gasteiger partial charge in [0.25, 0.3) is 0 Å². The van der Waals surface area contributed by atoms with Gasteiger partial charge in [0.15, 0.2) is 0 Å². The summed E-state index contributed by atoms with van der Waals surface area (Å²) in [7, 11) is 1.28. The van der Waals surface area contributed by atoms with E-state index in [0.29, 0.717) is 27.7 Å². The summed E-state index contributed by atoms with van der Waals surface area (Å²) in [5, 5.41) is 0.655. The molecule has 0 aliphatic heterocycles. The molecule has 1 aromatic heterocycles. The molecule has 0 spiro atoms. The summed E-state index contributed by atoms with van der Waals surface area (Å²) in [6.07, 6.45) is -3.26. The van der Waals surface area contributed by atoms with E-state index in [9.17, 15) is 18.0 Å². The van der Waals surface area contributed by atoms with E-state index >= 15 is 0 Å². The summed E-state index contributed by atoms with van der Waals surface area (Å²) < 4.78 is 50.5. The molecular formula is C17H11F3O4. The molecule has 4 nitrogen and oxygen atoms in total. The van der Waals surface area contributed by atoms with Crippen molar-refractivity contribution in [2.24, 2.45) is 0 Å². The van der Waals surface area contributed by atoms with E-state index in [1.165, 1.54) is 37.6 Å². The Bertz CT molecular complexity index is 879. The van der Waals surface area contributed by atoms with Gasteiger partial charge in [-0.15, -0.1) is 13.2 Å². The number of hydrogen-bond acceptors (Lipinski definition) is 4. The Hall–Kier alpha value is -2.96. The van der Waals surface area contributed by atoms with Crippen molar-refractivity contribution in [1.29, 1.82) is 0 Å². The lowest BCUT2D eigenvalue weighted by molar-refractivity contribution is -0.274. The normalized spacial score (nSPS) is 11.5. The lowest BCUT2D eigenvalue weighted by Crippen LogP contribution is -2.16. The Morgan fingerprint density at radius 3 is 2.42 bits per heavy atom. The van der Waals surface area contributed by atoms with Gasteiger partial charge < -0.3 is 13.9 Å². The number of hydrogen-bond donors (Lipinski definition) is 0. The van der Waals surface area contributed by atoms with Gasteiger partial charge in [0.05, 0.1) is 18.9 Å². The molecule has 0 radical (unpaired) electrons. The predicted octanol–water partition coefficient (Wildman–Crippen LogP) is 4.79. The van der Waals surface area contributed by atoms with Crippen LogP contribution in [0.1, 0.15) is 10.4 Å². The Kier molecular flexibility index (Phi) is 3.92. The predicted molar refractivity (Wildman–Crippen MR) is 79.7 cm³/mol. The first-order chi connectivity index (χ1) is 11.4. The van der Waals surface area contributed by atoms with Crippen LogP contribution >= 0.6 is 0 Å². The second kappa shape index (κ2) is 5.92. The minimum atomic E-state index is -4.74. The van der Waals surface area contributed by atoms with E-state index in [0.717, 1.165) is 0 Å². The molecule has 1 heterocycles. The van der Waals surface area contributed by atoms with Gasteiger partial charge in [0, 0.05) is 10.9 Å². The van der Waals surface area contributed by atoms with Crippen molar-refractivity contribution >= 4 is 16.9 Å². The molecule has 24 heavy (non-hydrogen) atoms. The molecule has 0 saturated carbocycles. The first-order valence-corrected chi connectivity index (χ1v) is 6.83. The number of halogens is 3. The van der Waals surface area contributed by atoms with Crippen molar-refractivity contribution in [3.63, 3.8) is 0 Å². The van der Waals surface area contributed by atoms with Gasteiger partial charge >= 0.3 is 12.3 Å². The summed E-state index contributed by atoms with van der Waals surface area (Å²) in [6, 6.07) is 10.2. The number of ether oxygens (including phenoxy) is 2. The maximum Gasteiger partial charge on any atom is 0.573 e. The Morgan fingerprint density at radius 1 is 1.08 bits per heavy atom. The molecule has 0 amide bonds. The van der Waals surface area contributed by atoms with Crippen LogP contribution in [0.15, 0.2) is 53.1 Å². The number of fused-ring (bicyclic) bond motifs is 1. The first-order valence-electron chi connectivity index (χ1n) is 6.83. The molecule has 0 N–H and O–H groups in total. The van der Waals surface area contributed by atoms with Crippen LogP contribution in [0, 0.1) is 0 Å². The molecule has 0 fully saturated rings. The highest BCUT2D eigenvalue weighted by Gasteiger charge is 2.31. The third-order valence-electron chi connectivity index (χ3n) is 3.39. The summed E-state index contributed by atoms with van der Waals surface area (Å²) in [5.41, 5.74) is 2.18. The largest absolute Gasteiger partial charge is 0.573 e. The number of benzene rings is 2. The quantitative estimate of drug-likeness (QED) is 0.646. The van der Waals surface area contributed by atoms with Crippen LogP contribution in [0.3, 0.4) is 0 Å². The lowest BCUT2D eigenvalue weighted by Gasteiger charge is -2.09. The van der Waals surface area contributed by atoms with Crippen LogP contribution in [0.4, 0.5) is 13.2 Å². The molecule has 0 bridgehead atoms. The molecule has 3 rings (SSSR count). The number of esters is 1. The number of methoxy groups -OCH3 is 1. The molecule has 0 unspecified atom stereocenters. The molecule has 0 aliphatic rings. The zero-order valence-corrected chi connectivity index (χ0v) is 12.4. The van der Waals surface area contributed by atoms with Gasteiger partial charge in [0.2, 0.25) is 0 Å². The van der Waals surface area contributed by atoms with Crippen molar-refractivity contribution in [2.45, 2.75) is 6.36 Å². The zero-order chi connectivity index (χ0) is 17.3. The van der Waals surface area contributed by atoms with E-state index in [4.69, 9.17) is 4.42 Å². The number of rotatable bonds is 3. The smallest absolute Gasteiger partial charge is 0.465 e. The first kappa shape index (κ1) is 15.9. The third kappa shape index (κ3) is 3.19. The van der Waals surface area contributed by atoms with Gasteiger partial charge in [-0.25, -0.2) is 4.79 Å². The van der Waals surface area contributed by atoms with Crippen LogP contribution in [0.25, 0.3) is 22.1 Å². The average molecular weight is 336 g/mol. The summed E-state index contributed by atoms with van der Waals surface area (Å²) in [6.45, 7) is 0. The fourth-order valence-corrected chi connectivity index (χ4v) is 2.33. The van der Waals surface area contributed by atoms with Crippen molar-refractivity contribution < 1.29 is 31.9 Å². The Labute approximate surface area is 134 Å². The second-order valence-electron chi connectivity index (χ2n) is 4.92. The van der Waals surface area contributed by atoms with Crippen molar-refractivity contribution in [3.8, 4) is 16.9 Å². The van der Waals surface area contributed by atoms with Crippen LogP contribution in [-0.4, -0.2) is 19.4 Å². The van der Waals surface area contributed by atoms with Crippen LogP contribution in [0.2, 0.25) is 0 Å². The van der Waals surface area contributed by atoms with Gasteiger partial charge in [-0.3, -0.25) is 0 Å². The van der Waals surface area contributed by atoms with E-state index in [2.05, 4.69) is 9.47 Å². The number of furan rings is 1. The van der Waals surface area contributed by atoms with Crippen molar-refractivity contribution in [2.75, 3.05) is 7.11 Å². The molecule has 0 saturated heterocycles. The van der Waals surface area contributed by atoms with E-state index < -0.39 is 12.3 Å². The molecule has 3 aromatic rings. The van der Waals surface area contributed by atoms with Gasteiger partial charge in [0.1, 0.15) is 11.3 Å². The fraction of sp³-hybridized carbons (Fsp3) is 0.118. The molecular weight excluding hydrogens is 325 g/mol. The molecule has 2 aromatic carbocycles. The van der Waals surface area contributed by atoms with Gasteiger partial charge in [-0.1, -0.05) is 12.1 Å². The van der Waals surface area contributed by atoms with Crippen LogP contribution < -0.4 is 4.74 Å². The number of carbonyl (C=O) groups is 1. The van der Waals surface area contributed by atoms with Crippen LogP contribution in [0.5, 0.6) is 5.75 Å². The number of alkyl halides is 3. The van der Waals surface area contributed by atoms with Crippen molar-refractivity contribution in [1.82, 2.24) is 0 Å². The lowest BCUT2D eigenvalue weighted by atomic mass is 10.0. The molecule has 7 heteroatoms. The Balaban J connectivity index is 1.98. The second-order valence-corrected chi connectivity index (χ2v) is 4.92. The molecule has 0 atom stereocenters. The fourth-order valence-electron chi connectivity index (χ4n) is 2.33. The summed E-state index contributed by atoms with van der Waals surface area (Å²) >= 11 is 0. The third-order valence-corrected chi connectivity index (χ3v) is 3.39. The minimum absolute atomic E-state index is 0.311. The number of carbonyl (C=O) groups excluding carboxylic acids is 1.